The van der Waals surface area contributed by atoms with E-state index in [9.17, 15) is 18.0 Å². The van der Waals surface area contributed by atoms with Gasteiger partial charge in [-0.3, -0.25) is 9.59 Å². The van der Waals surface area contributed by atoms with Gasteiger partial charge < -0.3 is 19.5 Å². The van der Waals surface area contributed by atoms with E-state index in [2.05, 4.69) is 0 Å². The van der Waals surface area contributed by atoms with Crippen LogP contribution in [-0.4, -0.2) is 93.0 Å². The minimum Gasteiger partial charge on any atom is -0.480 e. The molecule has 9 nitrogen and oxygen atoms in total. The van der Waals surface area contributed by atoms with Gasteiger partial charge >= 0.3 is 5.97 Å². The minimum atomic E-state index is -3.67. The highest BCUT2D eigenvalue weighted by atomic mass is 32.2. The highest BCUT2D eigenvalue weighted by Gasteiger charge is 2.29. The van der Waals surface area contributed by atoms with Crippen molar-refractivity contribution in [3.05, 3.63) is 0 Å². The van der Waals surface area contributed by atoms with Gasteiger partial charge in [-0.15, -0.1) is 0 Å². The molecule has 128 valence electrons. The maximum Gasteiger partial charge on any atom is 0.318 e. The molecule has 0 bridgehead atoms. The van der Waals surface area contributed by atoms with Crippen LogP contribution in [0.3, 0.4) is 0 Å². The molecule has 1 aliphatic rings. The van der Waals surface area contributed by atoms with Crippen LogP contribution in [0.2, 0.25) is 0 Å². The smallest absolute Gasteiger partial charge is 0.318 e. The Bertz CT molecular complexity index is 494. The molecule has 0 saturated carbocycles. The standard InChI is InChI=1S/C12H22N2O7S/c1-3-20-9-11(15)13-4-5-21-10(6-13)7-14(8-12(16)17)22(2,18)19/h10H,3-9H2,1-2H3,(H,16,17). The molecule has 0 aromatic heterocycles. The highest BCUT2D eigenvalue weighted by molar-refractivity contribution is 7.88. The van der Waals surface area contributed by atoms with Crippen LogP contribution in [0.25, 0.3) is 0 Å². The topological polar surface area (TPSA) is 113 Å². The number of sulfonamides is 1. The van der Waals surface area contributed by atoms with Gasteiger partial charge in [0.05, 0.1) is 19.0 Å². The largest absolute Gasteiger partial charge is 0.480 e. The lowest BCUT2D eigenvalue weighted by Gasteiger charge is -2.34. The van der Waals surface area contributed by atoms with E-state index in [4.69, 9.17) is 14.6 Å². The van der Waals surface area contributed by atoms with E-state index in [-0.39, 0.29) is 32.2 Å². The number of carbonyl (C=O) groups is 2. The molecule has 0 radical (unpaired) electrons. The zero-order chi connectivity index (χ0) is 16.8. The van der Waals surface area contributed by atoms with Crippen molar-refractivity contribution in [3.8, 4) is 0 Å². The zero-order valence-electron chi connectivity index (χ0n) is 12.7. The Hall–Kier alpha value is -1.23. The van der Waals surface area contributed by atoms with Crippen molar-refractivity contribution in [3.63, 3.8) is 0 Å². The number of nitrogens with zero attached hydrogens (tertiary/aromatic N) is 2. The molecule has 1 amide bonds. The number of hydrogen-bond donors (Lipinski definition) is 1. The first-order chi connectivity index (χ1) is 10.2. The van der Waals surface area contributed by atoms with Gasteiger partial charge in [0.15, 0.2) is 0 Å². The van der Waals surface area contributed by atoms with E-state index in [1.165, 1.54) is 4.90 Å². The summed E-state index contributed by atoms with van der Waals surface area (Å²) in [6.07, 6.45) is 0.380. The van der Waals surface area contributed by atoms with Crippen LogP contribution < -0.4 is 0 Å². The molecule has 1 saturated heterocycles. The van der Waals surface area contributed by atoms with Crippen LogP contribution in [0.5, 0.6) is 0 Å². The first-order valence-corrected chi connectivity index (χ1v) is 8.73. The van der Waals surface area contributed by atoms with Crippen LogP contribution in [0.4, 0.5) is 0 Å². The third-order valence-corrected chi connectivity index (χ3v) is 4.33. The van der Waals surface area contributed by atoms with E-state index < -0.39 is 28.6 Å². The Morgan fingerprint density at radius 2 is 2.14 bits per heavy atom. The molecular formula is C12H22N2O7S. The van der Waals surface area contributed by atoms with E-state index in [0.717, 1.165) is 10.6 Å². The molecule has 1 rings (SSSR count). The molecule has 0 aromatic carbocycles. The lowest BCUT2D eigenvalue weighted by atomic mass is 10.2. The summed E-state index contributed by atoms with van der Waals surface area (Å²) in [7, 11) is -3.67. The molecule has 22 heavy (non-hydrogen) atoms. The fourth-order valence-electron chi connectivity index (χ4n) is 2.03. The van der Waals surface area contributed by atoms with E-state index >= 15 is 0 Å². The number of carboxylic acid groups (broad SMARTS) is 1. The third-order valence-electron chi connectivity index (χ3n) is 3.11. The molecule has 1 fully saturated rings. The predicted octanol–water partition coefficient (Wildman–Crippen LogP) is -1.40. The van der Waals surface area contributed by atoms with Crippen LogP contribution >= 0.6 is 0 Å². The number of carboxylic acids is 1. The summed E-state index contributed by atoms with van der Waals surface area (Å²) in [5.41, 5.74) is 0. The average molecular weight is 338 g/mol. The maximum atomic E-state index is 11.9. The number of morpholine rings is 1. The Morgan fingerprint density at radius 3 is 2.68 bits per heavy atom. The number of carbonyl (C=O) groups excluding carboxylic acids is 1. The predicted molar refractivity (Wildman–Crippen MR) is 76.9 cm³/mol. The van der Waals surface area contributed by atoms with E-state index in [0.29, 0.717) is 13.2 Å². The van der Waals surface area contributed by atoms with Gasteiger partial charge in [-0.1, -0.05) is 0 Å². The van der Waals surface area contributed by atoms with Crippen LogP contribution in [0.15, 0.2) is 0 Å². The van der Waals surface area contributed by atoms with Gasteiger partial charge in [0.25, 0.3) is 0 Å². The van der Waals surface area contributed by atoms with Gasteiger partial charge in [-0.05, 0) is 6.92 Å². The lowest BCUT2D eigenvalue weighted by Crippen LogP contribution is -2.51. The highest BCUT2D eigenvalue weighted by Crippen LogP contribution is 2.10. The van der Waals surface area contributed by atoms with Crippen LogP contribution in [0, 0.1) is 0 Å². The normalized spacial score (nSPS) is 19.4. The van der Waals surface area contributed by atoms with Crippen molar-refractivity contribution < 1.29 is 32.6 Å². The van der Waals surface area contributed by atoms with Crippen molar-refractivity contribution in [1.82, 2.24) is 9.21 Å². The fraction of sp³-hybridized carbons (Fsp3) is 0.833. The SMILES string of the molecule is CCOCC(=O)N1CCOC(CN(CC(=O)O)S(C)(=O)=O)C1. The van der Waals surface area contributed by atoms with Crippen molar-refractivity contribution in [2.45, 2.75) is 13.0 Å². The number of aliphatic carboxylic acids is 1. The second kappa shape index (κ2) is 8.42. The number of ether oxygens (including phenoxy) is 2. The van der Waals surface area contributed by atoms with Crippen molar-refractivity contribution >= 4 is 21.9 Å². The zero-order valence-corrected chi connectivity index (χ0v) is 13.5. The molecule has 0 aliphatic carbocycles. The summed E-state index contributed by atoms with van der Waals surface area (Å²) in [6.45, 7) is 2.32. The molecule has 0 aromatic rings. The Morgan fingerprint density at radius 1 is 1.45 bits per heavy atom. The van der Waals surface area contributed by atoms with Crippen molar-refractivity contribution in [2.24, 2.45) is 0 Å². The Balaban J connectivity index is 2.63. The fourth-order valence-corrected chi connectivity index (χ4v) is 2.81. The molecular weight excluding hydrogens is 316 g/mol. The van der Waals surface area contributed by atoms with Gasteiger partial charge in [0, 0.05) is 26.2 Å². The number of hydrogen-bond acceptors (Lipinski definition) is 6. The van der Waals surface area contributed by atoms with E-state index in [1.54, 1.807) is 6.92 Å². The summed E-state index contributed by atoms with van der Waals surface area (Å²) in [5.74, 6) is -1.44. The van der Waals surface area contributed by atoms with Gasteiger partial charge in [0.2, 0.25) is 15.9 Å². The second-order valence-corrected chi connectivity index (χ2v) is 6.90. The molecule has 0 spiro atoms. The van der Waals surface area contributed by atoms with Gasteiger partial charge in [0.1, 0.15) is 13.2 Å². The van der Waals surface area contributed by atoms with Crippen molar-refractivity contribution in [1.29, 1.82) is 0 Å². The van der Waals surface area contributed by atoms with Gasteiger partial charge in [-0.25, -0.2) is 8.42 Å². The summed E-state index contributed by atoms with van der Waals surface area (Å²) in [5, 5.41) is 8.79. The molecule has 1 aliphatic heterocycles. The summed E-state index contributed by atoms with van der Waals surface area (Å²) >= 11 is 0. The second-order valence-electron chi connectivity index (χ2n) is 4.92. The third kappa shape index (κ3) is 6.26. The van der Waals surface area contributed by atoms with Crippen LogP contribution in [-0.2, 0) is 29.1 Å². The first kappa shape index (κ1) is 18.8. The number of amides is 1. The molecule has 1 unspecified atom stereocenters. The minimum absolute atomic E-state index is 0.0336. The maximum absolute atomic E-state index is 11.9. The quantitative estimate of drug-likeness (QED) is 0.579. The Kier molecular flexibility index (Phi) is 7.20. The summed E-state index contributed by atoms with van der Waals surface area (Å²) in [6, 6.07) is 0. The van der Waals surface area contributed by atoms with Crippen LogP contribution in [0.1, 0.15) is 6.92 Å². The molecule has 1 N–H and O–H groups in total. The molecule has 10 heteroatoms. The lowest BCUT2D eigenvalue weighted by molar-refractivity contribution is -0.144. The van der Waals surface area contributed by atoms with Crippen molar-refractivity contribution in [2.75, 3.05) is 52.3 Å². The first-order valence-electron chi connectivity index (χ1n) is 6.88. The molecule has 1 heterocycles. The summed E-state index contributed by atoms with van der Waals surface area (Å²) < 4.78 is 34.5. The van der Waals surface area contributed by atoms with E-state index in [1.807, 2.05) is 0 Å². The molecule has 1 atom stereocenters. The monoisotopic (exact) mass is 338 g/mol. The number of rotatable bonds is 8. The average Bonchev–Trinajstić information content (AvgIpc) is 2.43. The Labute approximate surface area is 129 Å². The van der Waals surface area contributed by atoms with Gasteiger partial charge in [-0.2, -0.15) is 4.31 Å². The summed E-state index contributed by atoms with van der Waals surface area (Å²) in [4.78, 5) is 24.2.